The molecule has 7 heteroatoms. The molecule has 2 aromatic rings. The van der Waals surface area contributed by atoms with E-state index in [1.54, 1.807) is 16.8 Å². The number of nitrogens with zero attached hydrogens (tertiary/aromatic N) is 3. The third-order valence-corrected chi connectivity index (χ3v) is 2.79. The predicted molar refractivity (Wildman–Crippen MR) is 59.3 cm³/mol. The van der Waals surface area contributed by atoms with E-state index in [0.29, 0.717) is 9.79 Å². The molecule has 0 spiro atoms. The summed E-state index contributed by atoms with van der Waals surface area (Å²) >= 11 is 14.2. The molecule has 1 heterocycles. The van der Waals surface area contributed by atoms with Crippen molar-refractivity contribution in [3.63, 3.8) is 0 Å². The van der Waals surface area contributed by atoms with Crippen molar-refractivity contribution in [2.75, 3.05) is 0 Å². The van der Waals surface area contributed by atoms with Crippen LogP contribution in [-0.4, -0.2) is 20.2 Å². The third-order valence-electron chi connectivity index (χ3n) is 1.62. The Balaban J connectivity index is 2.68. The molecule has 1 aromatic carbocycles. The Kier molecular flexibility index (Phi) is 2.66. The molecule has 72 valence electrons. The summed E-state index contributed by atoms with van der Waals surface area (Å²) in [6.45, 7) is 0. The van der Waals surface area contributed by atoms with Gasteiger partial charge in [-0.2, -0.15) is 5.21 Å². The van der Waals surface area contributed by atoms with Crippen LogP contribution in [-0.2, 0) is 0 Å². The molecule has 1 aromatic heterocycles. The van der Waals surface area contributed by atoms with Crippen LogP contribution in [0.4, 0.5) is 0 Å². The number of benzene rings is 1. The Morgan fingerprint density at radius 1 is 1.50 bits per heavy atom. The smallest absolute Gasteiger partial charge is 0.208 e. The van der Waals surface area contributed by atoms with Gasteiger partial charge in [-0.25, -0.2) is 4.68 Å². The average Bonchev–Trinajstić information content (AvgIpc) is 2.56. The van der Waals surface area contributed by atoms with E-state index in [4.69, 9.17) is 23.8 Å². The van der Waals surface area contributed by atoms with Gasteiger partial charge in [-0.1, -0.05) is 21.9 Å². The van der Waals surface area contributed by atoms with Crippen LogP contribution in [0.15, 0.2) is 22.7 Å². The van der Waals surface area contributed by atoms with Crippen LogP contribution in [0.5, 0.6) is 0 Å². The van der Waals surface area contributed by atoms with Gasteiger partial charge >= 0.3 is 0 Å². The number of tetrazole rings is 1. The van der Waals surface area contributed by atoms with Gasteiger partial charge < -0.3 is 0 Å². The number of H-pyrrole nitrogens is 1. The van der Waals surface area contributed by atoms with Crippen molar-refractivity contribution in [1.29, 1.82) is 0 Å². The van der Waals surface area contributed by atoms with Crippen molar-refractivity contribution < 1.29 is 0 Å². The monoisotopic (exact) mass is 290 g/mol. The second kappa shape index (κ2) is 3.80. The summed E-state index contributed by atoms with van der Waals surface area (Å²) in [5.74, 6) is 0. The number of hydrogen-bond acceptors (Lipinski definition) is 3. The van der Waals surface area contributed by atoms with Crippen LogP contribution in [0.2, 0.25) is 5.02 Å². The van der Waals surface area contributed by atoms with Gasteiger partial charge in [0.2, 0.25) is 4.77 Å². The molecule has 4 nitrogen and oxygen atoms in total. The van der Waals surface area contributed by atoms with Crippen LogP contribution in [0, 0.1) is 4.77 Å². The minimum Gasteiger partial charge on any atom is -0.208 e. The zero-order valence-corrected chi connectivity index (χ0v) is 9.90. The molecule has 0 aliphatic rings. The fourth-order valence-electron chi connectivity index (χ4n) is 1.01. The highest BCUT2D eigenvalue weighted by atomic mass is 79.9. The number of aromatic amines is 1. The summed E-state index contributed by atoms with van der Waals surface area (Å²) in [4.78, 5) is 0. The topological polar surface area (TPSA) is 46.5 Å². The minimum absolute atomic E-state index is 0.355. The molecule has 0 atom stereocenters. The quantitative estimate of drug-likeness (QED) is 0.822. The first kappa shape index (κ1) is 9.82. The number of rotatable bonds is 1. The second-order valence-corrected chi connectivity index (χ2v) is 4.17. The Morgan fingerprint density at radius 2 is 2.29 bits per heavy atom. The standard InChI is InChI=1S/C7H4BrClN4S/c8-5-2-1-4(9)3-6(5)13-7(14)10-11-12-13/h1-3H,(H,10,12,14). The molecule has 0 aliphatic carbocycles. The Labute approximate surface area is 98.0 Å². The Hall–Kier alpha value is -0.720. The zero-order valence-electron chi connectivity index (χ0n) is 6.74. The van der Waals surface area contributed by atoms with Gasteiger partial charge in [-0.05, 0) is 46.3 Å². The molecule has 0 fully saturated rings. The molecule has 1 N–H and O–H groups in total. The first-order chi connectivity index (χ1) is 6.68. The molecular weight excluding hydrogens is 288 g/mol. The van der Waals surface area contributed by atoms with E-state index in [2.05, 4.69) is 31.5 Å². The van der Waals surface area contributed by atoms with Gasteiger partial charge in [-0.15, -0.1) is 0 Å². The first-order valence-electron chi connectivity index (χ1n) is 3.64. The van der Waals surface area contributed by atoms with Crippen molar-refractivity contribution in [2.24, 2.45) is 0 Å². The van der Waals surface area contributed by atoms with Crippen molar-refractivity contribution in [3.8, 4) is 5.69 Å². The summed E-state index contributed by atoms with van der Waals surface area (Å²) in [7, 11) is 0. The summed E-state index contributed by atoms with van der Waals surface area (Å²) in [6.07, 6.45) is 0. The van der Waals surface area contributed by atoms with Crippen LogP contribution < -0.4 is 0 Å². The highest BCUT2D eigenvalue weighted by Crippen LogP contribution is 2.23. The fraction of sp³-hybridized carbons (Fsp3) is 0. The van der Waals surface area contributed by atoms with Gasteiger partial charge in [0.1, 0.15) is 0 Å². The average molecular weight is 292 g/mol. The first-order valence-corrected chi connectivity index (χ1v) is 5.22. The number of halogens is 2. The lowest BCUT2D eigenvalue weighted by Gasteiger charge is -2.03. The molecule has 0 aliphatic heterocycles. The SMILES string of the molecule is S=c1nn[nH]n1-c1cc(Cl)ccc1Br. The van der Waals surface area contributed by atoms with Gasteiger partial charge in [0.25, 0.3) is 0 Å². The van der Waals surface area contributed by atoms with Crippen LogP contribution in [0.25, 0.3) is 5.69 Å². The summed E-state index contributed by atoms with van der Waals surface area (Å²) in [6, 6.07) is 5.38. The van der Waals surface area contributed by atoms with Crippen LogP contribution >= 0.6 is 39.7 Å². The van der Waals surface area contributed by atoms with Gasteiger partial charge in [0.05, 0.1) is 5.69 Å². The minimum atomic E-state index is 0.355. The van der Waals surface area contributed by atoms with Crippen LogP contribution in [0.3, 0.4) is 0 Å². The molecular formula is C7H4BrClN4S. The van der Waals surface area contributed by atoms with Crippen molar-refractivity contribution in [1.82, 2.24) is 20.2 Å². The Morgan fingerprint density at radius 3 is 2.93 bits per heavy atom. The fourth-order valence-corrected chi connectivity index (χ4v) is 1.78. The number of nitrogens with one attached hydrogen (secondary N) is 1. The van der Waals surface area contributed by atoms with E-state index in [1.807, 2.05) is 6.07 Å². The van der Waals surface area contributed by atoms with E-state index < -0.39 is 0 Å². The van der Waals surface area contributed by atoms with Crippen molar-refractivity contribution in [3.05, 3.63) is 32.5 Å². The van der Waals surface area contributed by atoms with E-state index in [9.17, 15) is 0 Å². The molecule has 0 radical (unpaired) electrons. The lowest BCUT2D eigenvalue weighted by atomic mass is 10.3. The van der Waals surface area contributed by atoms with Gasteiger partial charge in [0.15, 0.2) is 0 Å². The van der Waals surface area contributed by atoms with Gasteiger partial charge in [-0.3, -0.25) is 0 Å². The van der Waals surface area contributed by atoms with E-state index in [-0.39, 0.29) is 0 Å². The maximum atomic E-state index is 5.86. The molecule has 0 unspecified atom stereocenters. The molecule has 0 saturated heterocycles. The third kappa shape index (κ3) is 1.73. The highest BCUT2D eigenvalue weighted by molar-refractivity contribution is 9.10. The highest BCUT2D eigenvalue weighted by Gasteiger charge is 2.05. The van der Waals surface area contributed by atoms with Gasteiger partial charge in [0, 0.05) is 9.50 Å². The summed E-state index contributed by atoms with van der Waals surface area (Å²) < 4.78 is 2.78. The van der Waals surface area contributed by atoms with E-state index in [1.165, 1.54) is 0 Å². The largest absolute Gasteiger partial charge is 0.242 e. The lowest BCUT2D eigenvalue weighted by molar-refractivity contribution is 0.783. The van der Waals surface area contributed by atoms with Crippen molar-refractivity contribution >= 4 is 39.7 Å². The maximum absolute atomic E-state index is 5.86. The van der Waals surface area contributed by atoms with E-state index >= 15 is 0 Å². The number of hydrogen-bond donors (Lipinski definition) is 1. The predicted octanol–water partition coefficient (Wildman–Crippen LogP) is 2.74. The Bertz CT molecular complexity index is 520. The normalized spacial score (nSPS) is 10.4. The second-order valence-electron chi connectivity index (χ2n) is 2.51. The molecule has 0 amide bonds. The van der Waals surface area contributed by atoms with E-state index in [0.717, 1.165) is 10.2 Å². The van der Waals surface area contributed by atoms with Crippen molar-refractivity contribution in [2.45, 2.75) is 0 Å². The molecule has 14 heavy (non-hydrogen) atoms. The summed E-state index contributed by atoms with van der Waals surface area (Å²) in [5, 5.41) is 10.5. The molecule has 0 saturated carbocycles. The number of aromatic nitrogens is 4. The molecule has 0 bridgehead atoms. The maximum Gasteiger partial charge on any atom is 0.242 e. The zero-order chi connectivity index (χ0) is 10.1. The summed E-state index contributed by atoms with van der Waals surface area (Å²) in [5.41, 5.74) is 0.785. The molecule has 2 rings (SSSR count). The van der Waals surface area contributed by atoms with Crippen LogP contribution in [0.1, 0.15) is 0 Å². The lowest BCUT2D eigenvalue weighted by Crippen LogP contribution is -1.97.